The fraction of sp³-hybridized carbons (Fsp3) is 0.944. The Bertz CT molecular complexity index is 1130. The number of carbonyl (C=O) groups is 3. The minimum Gasteiger partial charge on any atom is -0.480 e. The molecule has 0 aromatic carbocycles. The van der Waals surface area contributed by atoms with E-state index in [0.717, 1.165) is 38.5 Å². The van der Waals surface area contributed by atoms with Gasteiger partial charge >= 0.3 is 25.7 Å². The van der Waals surface area contributed by atoms with Crippen molar-refractivity contribution in [2.24, 2.45) is 5.73 Å². The number of carbonyl (C=O) groups excluding carboxylic acids is 2. The van der Waals surface area contributed by atoms with Crippen LogP contribution in [0.15, 0.2) is 0 Å². The van der Waals surface area contributed by atoms with Crippen LogP contribution in [0.5, 0.6) is 0 Å². The molecule has 3 unspecified atom stereocenters. The standard InChI is InChI=1S/C54H106NO10P/c1-3-5-7-9-11-13-15-17-19-21-23-24-25-26-28-30-32-34-36-38-40-42-44-46-53(57)65-50(48-63-66(60,61)64-49-51(55)54(58)59)47-62-52(56)45-43-41-39-37-35-33-31-29-27-22-20-18-16-14-12-10-8-6-4-2/h50-51H,3-49,55H2,1-2H3,(H,58,59)(H,60,61). The first-order chi connectivity index (χ1) is 32.1. The third-order valence-electron chi connectivity index (χ3n) is 12.9. The Morgan fingerprint density at radius 2 is 0.667 bits per heavy atom. The largest absolute Gasteiger partial charge is 0.480 e. The van der Waals surface area contributed by atoms with Crippen LogP contribution in [0.3, 0.4) is 0 Å². The third kappa shape index (κ3) is 48.9. The van der Waals surface area contributed by atoms with Gasteiger partial charge in [-0.15, -0.1) is 0 Å². The summed E-state index contributed by atoms with van der Waals surface area (Å²) in [6.07, 6.45) is 53.1. The van der Waals surface area contributed by atoms with Gasteiger partial charge in [-0.2, -0.15) is 0 Å². The average molecular weight is 960 g/mol. The van der Waals surface area contributed by atoms with Gasteiger partial charge in [0.25, 0.3) is 0 Å². The molecular weight excluding hydrogens is 854 g/mol. The fourth-order valence-electron chi connectivity index (χ4n) is 8.48. The first kappa shape index (κ1) is 64.5. The van der Waals surface area contributed by atoms with E-state index in [-0.39, 0.29) is 19.4 Å². The van der Waals surface area contributed by atoms with Crippen molar-refractivity contribution in [2.45, 2.75) is 309 Å². The molecule has 11 nitrogen and oxygen atoms in total. The van der Waals surface area contributed by atoms with Crippen molar-refractivity contribution in [3.05, 3.63) is 0 Å². The molecule has 0 rings (SSSR count). The number of esters is 2. The second-order valence-corrected chi connectivity index (χ2v) is 20.9. The molecule has 0 heterocycles. The van der Waals surface area contributed by atoms with Gasteiger partial charge in [0.2, 0.25) is 0 Å². The van der Waals surface area contributed by atoms with Crippen LogP contribution in [0.1, 0.15) is 296 Å². The Balaban J connectivity index is 4.12. The third-order valence-corrected chi connectivity index (χ3v) is 13.8. The maximum absolute atomic E-state index is 12.7. The highest BCUT2D eigenvalue weighted by Crippen LogP contribution is 2.43. The zero-order valence-corrected chi connectivity index (χ0v) is 44.0. The summed E-state index contributed by atoms with van der Waals surface area (Å²) in [7, 11) is -4.72. The van der Waals surface area contributed by atoms with E-state index in [1.165, 1.54) is 218 Å². The van der Waals surface area contributed by atoms with Crippen molar-refractivity contribution >= 4 is 25.7 Å². The predicted octanol–water partition coefficient (Wildman–Crippen LogP) is 16.2. The molecule has 0 aromatic heterocycles. The van der Waals surface area contributed by atoms with E-state index >= 15 is 0 Å². The molecule has 0 saturated heterocycles. The van der Waals surface area contributed by atoms with E-state index in [1.807, 2.05) is 0 Å². The highest BCUT2D eigenvalue weighted by atomic mass is 31.2. The Morgan fingerprint density at radius 3 is 0.955 bits per heavy atom. The van der Waals surface area contributed by atoms with Crippen LogP contribution in [0, 0.1) is 0 Å². The number of carboxylic acid groups (broad SMARTS) is 1. The molecule has 0 aromatic rings. The van der Waals surface area contributed by atoms with Gasteiger partial charge in [0.05, 0.1) is 13.2 Å². The normalized spacial score (nSPS) is 13.4. The lowest BCUT2D eigenvalue weighted by Crippen LogP contribution is -2.34. The second kappa shape index (κ2) is 49.9. The van der Waals surface area contributed by atoms with Gasteiger partial charge in [0.15, 0.2) is 6.10 Å². The zero-order valence-electron chi connectivity index (χ0n) is 43.1. The van der Waals surface area contributed by atoms with Crippen molar-refractivity contribution < 1.29 is 47.5 Å². The molecule has 66 heavy (non-hydrogen) atoms. The molecule has 0 fully saturated rings. The Labute approximate surface area is 405 Å². The van der Waals surface area contributed by atoms with Gasteiger partial charge < -0.3 is 25.2 Å². The predicted molar refractivity (Wildman–Crippen MR) is 273 cm³/mol. The summed E-state index contributed by atoms with van der Waals surface area (Å²) in [5, 5.41) is 8.94. The number of hydrogen-bond acceptors (Lipinski definition) is 9. The first-order valence-electron chi connectivity index (χ1n) is 28.1. The second-order valence-electron chi connectivity index (χ2n) is 19.4. The molecule has 12 heteroatoms. The molecule has 0 aliphatic carbocycles. The molecule has 0 amide bonds. The highest BCUT2D eigenvalue weighted by Gasteiger charge is 2.28. The monoisotopic (exact) mass is 960 g/mol. The van der Waals surface area contributed by atoms with Crippen LogP contribution < -0.4 is 5.73 Å². The lowest BCUT2D eigenvalue weighted by molar-refractivity contribution is -0.161. The van der Waals surface area contributed by atoms with E-state index in [0.29, 0.717) is 12.8 Å². The van der Waals surface area contributed by atoms with Crippen LogP contribution in [0.4, 0.5) is 0 Å². The number of aliphatic carboxylic acids is 1. The van der Waals surface area contributed by atoms with Crippen molar-refractivity contribution in [1.82, 2.24) is 0 Å². The first-order valence-corrected chi connectivity index (χ1v) is 29.6. The molecular formula is C54H106NO10P. The number of phosphoric ester groups is 1. The van der Waals surface area contributed by atoms with Crippen LogP contribution >= 0.6 is 7.82 Å². The van der Waals surface area contributed by atoms with Gasteiger partial charge in [-0.25, -0.2) is 4.57 Å². The van der Waals surface area contributed by atoms with E-state index < -0.39 is 51.1 Å². The van der Waals surface area contributed by atoms with Crippen molar-refractivity contribution in [2.75, 3.05) is 19.8 Å². The Kier molecular flexibility index (Phi) is 48.7. The molecule has 0 saturated carbocycles. The molecule has 0 bridgehead atoms. The summed E-state index contributed by atoms with van der Waals surface area (Å²) in [5.41, 5.74) is 5.36. The fourth-order valence-corrected chi connectivity index (χ4v) is 9.26. The number of unbranched alkanes of at least 4 members (excludes halogenated alkanes) is 40. The van der Waals surface area contributed by atoms with Gasteiger partial charge in [-0.3, -0.25) is 23.4 Å². The van der Waals surface area contributed by atoms with Crippen molar-refractivity contribution in [3.63, 3.8) is 0 Å². The molecule has 0 radical (unpaired) electrons. The van der Waals surface area contributed by atoms with Gasteiger partial charge in [-0.05, 0) is 12.8 Å². The van der Waals surface area contributed by atoms with Crippen LogP contribution in [0.2, 0.25) is 0 Å². The number of phosphoric acid groups is 1. The Hall–Kier alpha value is -1.52. The zero-order chi connectivity index (χ0) is 48.4. The SMILES string of the molecule is CCCCCCCCCCCCCCCCCCCCCCCCCC(=O)OC(COC(=O)CCCCCCCCCCCCCCCCCCCCC)COP(=O)(O)OCC(N)C(=O)O. The van der Waals surface area contributed by atoms with Crippen molar-refractivity contribution in [1.29, 1.82) is 0 Å². The minimum absolute atomic E-state index is 0.170. The lowest BCUT2D eigenvalue weighted by atomic mass is 10.0. The van der Waals surface area contributed by atoms with E-state index in [4.69, 9.17) is 29.4 Å². The van der Waals surface area contributed by atoms with E-state index in [1.54, 1.807) is 0 Å². The van der Waals surface area contributed by atoms with Gasteiger partial charge in [0.1, 0.15) is 12.6 Å². The molecule has 0 spiro atoms. The van der Waals surface area contributed by atoms with Gasteiger partial charge in [0, 0.05) is 12.8 Å². The lowest BCUT2D eigenvalue weighted by Gasteiger charge is -2.20. The van der Waals surface area contributed by atoms with Gasteiger partial charge in [-0.1, -0.05) is 271 Å². The summed E-state index contributed by atoms with van der Waals surface area (Å²) >= 11 is 0. The minimum atomic E-state index is -4.72. The number of nitrogens with two attached hydrogens (primary N) is 1. The smallest absolute Gasteiger partial charge is 0.472 e. The number of ether oxygens (including phenoxy) is 2. The van der Waals surface area contributed by atoms with Crippen molar-refractivity contribution in [3.8, 4) is 0 Å². The topological polar surface area (TPSA) is 172 Å². The molecule has 392 valence electrons. The summed E-state index contributed by atoms with van der Waals surface area (Å²) in [4.78, 5) is 46.3. The molecule has 0 aliphatic rings. The number of hydrogen-bond donors (Lipinski definition) is 3. The van der Waals surface area contributed by atoms with E-state index in [2.05, 4.69) is 13.8 Å². The maximum Gasteiger partial charge on any atom is 0.472 e. The van der Waals surface area contributed by atoms with Crippen LogP contribution in [-0.4, -0.2) is 59.9 Å². The summed E-state index contributed by atoms with van der Waals surface area (Å²) < 4.78 is 32.9. The molecule has 3 atom stereocenters. The summed E-state index contributed by atoms with van der Waals surface area (Å²) in [6, 6.07) is -1.52. The molecule has 0 aliphatic heterocycles. The number of rotatable bonds is 54. The van der Waals surface area contributed by atoms with Crippen LogP contribution in [0.25, 0.3) is 0 Å². The Morgan fingerprint density at radius 1 is 0.409 bits per heavy atom. The number of carboxylic acids is 1. The summed E-state index contributed by atoms with van der Waals surface area (Å²) in [5.74, 6) is -2.35. The van der Waals surface area contributed by atoms with Crippen LogP contribution in [-0.2, 0) is 37.5 Å². The highest BCUT2D eigenvalue weighted by molar-refractivity contribution is 7.47. The average Bonchev–Trinajstić information content (AvgIpc) is 3.30. The van der Waals surface area contributed by atoms with E-state index in [9.17, 15) is 23.8 Å². The maximum atomic E-state index is 12.7. The molecule has 4 N–H and O–H groups in total. The summed E-state index contributed by atoms with van der Waals surface area (Å²) in [6.45, 7) is 2.89. The quantitative estimate of drug-likeness (QED) is 0.0301.